The van der Waals surface area contributed by atoms with E-state index in [4.69, 9.17) is 4.74 Å². The number of esters is 1. The molecule has 4 heteroatoms. The fraction of sp³-hybridized carbons (Fsp3) is 0.862. The zero-order valence-electron chi connectivity index (χ0n) is 22.0. The molecule has 0 aromatic carbocycles. The number of hydrogen-bond acceptors (Lipinski definition) is 3. The molecule has 0 amide bonds. The van der Waals surface area contributed by atoms with Gasteiger partial charge in [-0.15, -0.1) is 0 Å². The van der Waals surface area contributed by atoms with E-state index in [0.717, 1.165) is 44.9 Å². The second-order valence-electron chi connectivity index (χ2n) is 9.56. The summed E-state index contributed by atoms with van der Waals surface area (Å²) in [5.74, 6) is -1.37. The van der Waals surface area contributed by atoms with Gasteiger partial charge in [-0.25, -0.2) is 4.79 Å². The Morgan fingerprint density at radius 1 is 0.636 bits per heavy atom. The number of unbranched alkanes of at least 4 members (excludes halogenated alkanes) is 17. The van der Waals surface area contributed by atoms with Gasteiger partial charge >= 0.3 is 11.9 Å². The third-order valence-corrected chi connectivity index (χ3v) is 6.26. The minimum Gasteiger partial charge on any atom is -0.479 e. The molecule has 0 aromatic rings. The molecule has 0 saturated carbocycles. The van der Waals surface area contributed by atoms with Gasteiger partial charge in [0, 0.05) is 6.42 Å². The van der Waals surface area contributed by atoms with Gasteiger partial charge in [0.25, 0.3) is 0 Å². The summed E-state index contributed by atoms with van der Waals surface area (Å²) in [6.45, 7) is 4.46. The van der Waals surface area contributed by atoms with Crippen molar-refractivity contribution >= 4 is 11.9 Å². The van der Waals surface area contributed by atoms with Gasteiger partial charge in [-0.3, -0.25) is 4.79 Å². The smallest absolute Gasteiger partial charge is 0.345 e. The molecular formula is C29H54O4. The van der Waals surface area contributed by atoms with Crippen molar-refractivity contribution in [3.63, 3.8) is 0 Å². The predicted molar refractivity (Wildman–Crippen MR) is 140 cm³/mol. The number of carboxylic acid groups (broad SMARTS) is 1. The number of rotatable bonds is 25. The van der Waals surface area contributed by atoms with Crippen LogP contribution in [0.4, 0.5) is 0 Å². The molecule has 0 saturated heterocycles. The average Bonchev–Trinajstić information content (AvgIpc) is 2.80. The summed E-state index contributed by atoms with van der Waals surface area (Å²) in [7, 11) is 0. The van der Waals surface area contributed by atoms with Crippen LogP contribution in [0.2, 0.25) is 0 Å². The highest BCUT2D eigenvalue weighted by molar-refractivity contribution is 5.77. The van der Waals surface area contributed by atoms with Gasteiger partial charge in [-0.2, -0.15) is 0 Å². The maximum atomic E-state index is 12.0. The minimum atomic E-state index is -1.01. The quantitative estimate of drug-likeness (QED) is 0.0827. The first-order valence-corrected chi connectivity index (χ1v) is 14.2. The molecule has 4 nitrogen and oxygen atoms in total. The lowest BCUT2D eigenvalue weighted by Gasteiger charge is -2.13. The van der Waals surface area contributed by atoms with Crippen molar-refractivity contribution in [2.24, 2.45) is 0 Å². The predicted octanol–water partition coefficient (Wildman–Crippen LogP) is 9.16. The third-order valence-electron chi connectivity index (χ3n) is 6.26. The maximum Gasteiger partial charge on any atom is 0.345 e. The normalized spacial score (nSPS) is 12.3. The maximum absolute atomic E-state index is 12.0. The number of hydrogen-bond donors (Lipinski definition) is 1. The minimum absolute atomic E-state index is 0.332. The molecule has 1 atom stereocenters. The van der Waals surface area contributed by atoms with Crippen molar-refractivity contribution in [2.45, 2.75) is 161 Å². The molecule has 0 fully saturated rings. The monoisotopic (exact) mass is 466 g/mol. The van der Waals surface area contributed by atoms with Crippen LogP contribution in [0.25, 0.3) is 0 Å². The lowest BCUT2D eigenvalue weighted by atomic mass is 10.0. The first kappa shape index (κ1) is 31.7. The van der Waals surface area contributed by atoms with Crippen molar-refractivity contribution in [3.8, 4) is 0 Å². The summed E-state index contributed by atoms with van der Waals surface area (Å²) in [5.41, 5.74) is 0. The Kier molecular flexibility index (Phi) is 24.3. The van der Waals surface area contributed by atoms with Crippen LogP contribution >= 0.6 is 0 Å². The average molecular weight is 467 g/mol. The second kappa shape index (κ2) is 25.3. The lowest BCUT2D eigenvalue weighted by Crippen LogP contribution is -2.27. The van der Waals surface area contributed by atoms with Crippen LogP contribution in [-0.4, -0.2) is 23.1 Å². The van der Waals surface area contributed by atoms with E-state index < -0.39 is 12.1 Å². The van der Waals surface area contributed by atoms with E-state index in [2.05, 4.69) is 26.0 Å². The largest absolute Gasteiger partial charge is 0.479 e. The molecule has 1 N–H and O–H groups in total. The topological polar surface area (TPSA) is 63.6 Å². The van der Waals surface area contributed by atoms with E-state index in [-0.39, 0.29) is 5.97 Å². The summed E-state index contributed by atoms with van der Waals surface area (Å²) in [5, 5.41) is 9.36. The molecule has 0 heterocycles. The number of carbonyl (C=O) groups is 2. The molecule has 1 unspecified atom stereocenters. The number of carboxylic acids is 1. The Morgan fingerprint density at radius 2 is 1.06 bits per heavy atom. The van der Waals surface area contributed by atoms with Crippen molar-refractivity contribution in [1.82, 2.24) is 0 Å². The molecule has 0 radical (unpaired) electrons. The molecule has 0 aromatic heterocycles. The Labute approximate surface area is 204 Å². The van der Waals surface area contributed by atoms with Gasteiger partial charge in [0.2, 0.25) is 0 Å². The first-order valence-electron chi connectivity index (χ1n) is 14.2. The van der Waals surface area contributed by atoms with E-state index >= 15 is 0 Å². The van der Waals surface area contributed by atoms with Crippen LogP contribution in [0, 0.1) is 0 Å². The van der Waals surface area contributed by atoms with E-state index in [1.54, 1.807) is 0 Å². The SMILES string of the molecule is CCCCC/C=C\CCCCCCCC(=O)OC(CCCCCCCCCCCC)C(=O)O. The van der Waals surface area contributed by atoms with Crippen molar-refractivity contribution in [3.05, 3.63) is 12.2 Å². The summed E-state index contributed by atoms with van der Waals surface area (Å²) in [6, 6.07) is 0. The van der Waals surface area contributed by atoms with E-state index in [9.17, 15) is 14.7 Å². The zero-order chi connectivity index (χ0) is 24.4. The lowest BCUT2D eigenvalue weighted by molar-refractivity contribution is -0.164. The van der Waals surface area contributed by atoms with E-state index in [1.807, 2.05) is 0 Å². The Morgan fingerprint density at radius 3 is 1.61 bits per heavy atom. The molecule has 0 rings (SSSR count). The molecule has 0 spiro atoms. The second-order valence-corrected chi connectivity index (χ2v) is 9.56. The summed E-state index contributed by atoms with van der Waals surface area (Å²) < 4.78 is 5.25. The number of aliphatic carboxylic acids is 1. The van der Waals surface area contributed by atoms with Gasteiger partial charge in [0.1, 0.15) is 0 Å². The number of allylic oxidation sites excluding steroid dienone is 2. The highest BCUT2D eigenvalue weighted by Gasteiger charge is 2.21. The van der Waals surface area contributed by atoms with Crippen LogP contribution in [0.15, 0.2) is 12.2 Å². The molecule has 0 bridgehead atoms. The van der Waals surface area contributed by atoms with Crippen LogP contribution in [0.3, 0.4) is 0 Å². The molecule has 194 valence electrons. The third kappa shape index (κ3) is 23.6. The number of ether oxygens (including phenoxy) is 1. The van der Waals surface area contributed by atoms with Crippen LogP contribution in [-0.2, 0) is 14.3 Å². The summed E-state index contributed by atoms with van der Waals surface area (Å²) in [4.78, 5) is 23.4. The zero-order valence-corrected chi connectivity index (χ0v) is 22.0. The molecule has 33 heavy (non-hydrogen) atoms. The molecule has 0 aliphatic carbocycles. The fourth-order valence-electron chi connectivity index (χ4n) is 4.08. The number of carbonyl (C=O) groups excluding carboxylic acids is 1. The Balaban J connectivity index is 3.64. The van der Waals surface area contributed by atoms with Gasteiger partial charge in [0.15, 0.2) is 6.10 Å². The van der Waals surface area contributed by atoms with Crippen molar-refractivity contribution in [1.29, 1.82) is 0 Å². The van der Waals surface area contributed by atoms with Crippen LogP contribution in [0.1, 0.15) is 155 Å². The first-order chi connectivity index (χ1) is 16.1. The molecular weight excluding hydrogens is 412 g/mol. The Bertz CT molecular complexity index is 472. The van der Waals surface area contributed by atoms with Gasteiger partial charge < -0.3 is 9.84 Å². The summed E-state index contributed by atoms with van der Waals surface area (Å²) in [6.07, 6.45) is 28.0. The highest BCUT2D eigenvalue weighted by atomic mass is 16.6. The van der Waals surface area contributed by atoms with Gasteiger partial charge in [0.05, 0.1) is 0 Å². The van der Waals surface area contributed by atoms with Gasteiger partial charge in [-0.05, 0) is 44.9 Å². The standard InChI is InChI=1S/C29H54O4/c1-3-5-7-9-11-13-15-16-18-20-22-24-26-28(30)33-27(29(31)32)25-23-21-19-17-14-12-10-8-6-4-2/h11,13,27H,3-10,12,14-26H2,1-2H3,(H,31,32)/b13-11-. The summed E-state index contributed by atoms with van der Waals surface area (Å²) >= 11 is 0. The van der Waals surface area contributed by atoms with Crippen LogP contribution in [0.5, 0.6) is 0 Å². The van der Waals surface area contributed by atoms with Crippen LogP contribution < -0.4 is 0 Å². The van der Waals surface area contributed by atoms with Gasteiger partial charge in [-0.1, -0.05) is 116 Å². The molecule has 0 aliphatic rings. The fourth-order valence-corrected chi connectivity index (χ4v) is 4.08. The van der Waals surface area contributed by atoms with Crippen molar-refractivity contribution in [2.75, 3.05) is 0 Å². The van der Waals surface area contributed by atoms with Crippen molar-refractivity contribution < 1.29 is 19.4 Å². The van der Waals surface area contributed by atoms with E-state index in [0.29, 0.717) is 12.8 Å². The highest BCUT2D eigenvalue weighted by Crippen LogP contribution is 2.14. The Hall–Kier alpha value is -1.32. The molecule has 0 aliphatic heterocycles. The van der Waals surface area contributed by atoms with E-state index in [1.165, 1.54) is 83.5 Å².